The Kier molecular flexibility index (Phi) is 4.08. The number of allylic oxidation sites excluding steroid dienone is 1. The van der Waals surface area contributed by atoms with E-state index < -0.39 is 12.0 Å². The average molecular weight is 221 g/mol. The van der Waals surface area contributed by atoms with Crippen molar-refractivity contribution in [1.82, 2.24) is 0 Å². The molecule has 1 unspecified atom stereocenters. The molecule has 4 nitrogen and oxygen atoms in total. The normalized spacial score (nSPS) is 12.1. The Balaban J connectivity index is 2.93. The van der Waals surface area contributed by atoms with E-state index in [1.807, 2.05) is 0 Å². The van der Waals surface area contributed by atoms with Gasteiger partial charge in [-0.2, -0.15) is 0 Å². The zero-order valence-electron chi connectivity index (χ0n) is 8.89. The number of phenols is 1. The number of benzene rings is 1. The van der Waals surface area contributed by atoms with Crippen LogP contribution in [0.5, 0.6) is 5.75 Å². The highest BCUT2D eigenvalue weighted by atomic mass is 16.4. The minimum Gasteiger partial charge on any atom is -0.508 e. The first-order chi connectivity index (χ1) is 7.54. The molecule has 0 fully saturated rings. The maximum atomic E-state index is 10.6. The molecule has 86 valence electrons. The van der Waals surface area contributed by atoms with Gasteiger partial charge >= 0.3 is 5.97 Å². The van der Waals surface area contributed by atoms with Crippen LogP contribution in [-0.4, -0.2) is 22.2 Å². The fourth-order valence-corrected chi connectivity index (χ4v) is 1.48. The first kappa shape index (κ1) is 12.3. The number of nitrogens with two attached hydrogens (primary N) is 1. The minimum atomic E-state index is -1.03. The summed E-state index contributed by atoms with van der Waals surface area (Å²) in [6, 6.07) is 3.90. The lowest BCUT2D eigenvalue weighted by Gasteiger charge is -2.11. The van der Waals surface area contributed by atoms with Crippen LogP contribution in [0.2, 0.25) is 0 Å². The van der Waals surface area contributed by atoms with E-state index in [0.717, 1.165) is 11.1 Å². The number of hydrogen-bond donors (Lipinski definition) is 3. The van der Waals surface area contributed by atoms with Crippen molar-refractivity contribution in [3.63, 3.8) is 0 Å². The van der Waals surface area contributed by atoms with Gasteiger partial charge in [0.1, 0.15) is 11.8 Å². The van der Waals surface area contributed by atoms with Crippen LogP contribution in [0.3, 0.4) is 0 Å². The largest absolute Gasteiger partial charge is 0.508 e. The number of aliphatic carboxylic acids is 1. The lowest BCUT2D eigenvalue weighted by atomic mass is 9.98. The van der Waals surface area contributed by atoms with E-state index in [1.54, 1.807) is 18.2 Å². The van der Waals surface area contributed by atoms with Gasteiger partial charge in [0.15, 0.2) is 0 Å². The molecule has 0 saturated heterocycles. The van der Waals surface area contributed by atoms with Crippen molar-refractivity contribution in [3.8, 4) is 5.75 Å². The number of hydrogen-bond acceptors (Lipinski definition) is 3. The predicted molar refractivity (Wildman–Crippen MR) is 61.3 cm³/mol. The van der Waals surface area contributed by atoms with Crippen LogP contribution in [0, 0.1) is 0 Å². The highest BCUT2D eigenvalue weighted by molar-refractivity contribution is 5.73. The van der Waals surface area contributed by atoms with Crippen LogP contribution < -0.4 is 5.73 Å². The van der Waals surface area contributed by atoms with Crippen LogP contribution >= 0.6 is 0 Å². The molecule has 1 aromatic rings. The standard InChI is InChI=1S/C12H15NO3/c1-2-3-8-6-10(14)5-4-9(8)7-11(13)12(15)16/h2,4-6,11,14H,1,3,7,13H2,(H,15,16). The number of rotatable bonds is 5. The van der Waals surface area contributed by atoms with Gasteiger partial charge in [-0.1, -0.05) is 12.1 Å². The molecule has 0 heterocycles. The summed E-state index contributed by atoms with van der Waals surface area (Å²) in [4.78, 5) is 10.6. The van der Waals surface area contributed by atoms with E-state index in [4.69, 9.17) is 10.8 Å². The van der Waals surface area contributed by atoms with E-state index in [1.165, 1.54) is 6.07 Å². The van der Waals surface area contributed by atoms with Gasteiger partial charge in [-0.05, 0) is 36.1 Å². The lowest BCUT2D eigenvalue weighted by Crippen LogP contribution is -2.32. The molecule has 0 saturated carbocycles. The van der Waals surface area contributed by atoms with Gasteiger partial charge in [-0.3, -0.25) is 4.79 Å². The number of carboxylic acid groups (broad SMARTS) is 1. The molecular formula is C12H15NO3. The van der Waals surface area contributed by atoms with E-state index in [2.05, 4.69) is 6.58 Å². The second-order valence-electron chi connectivity index (χ2n) is 3.59. The first-order valence-corrected chi connectivity index (χ1v) is 4.94. The zero-order valence-corrected chi connectivity index (χ0v) is 8.89. The maximum absolute atomic E-state index is 10.6. The fourth-order valence-electron chi connectivity index (χ4n) is 1.48. The van der Waals surface area contributed by atoms with Crippen LogP contribution in [0.4, 0.5) is 0 Å². The van der Waals surface area contributed by atoms with Gasteiger partial charge in [0, 0.05) is 0 Å². The van der Waals surface area contributed by atoms with Gasteiger partial charge < -0.3 is 15.9 Å². The molecule has 0 radical (unpaired) electrons. The molecule has 0 spiro atoms. The Morgan fingerprint density at radius 2 is 2.19 bits per heavy atom. The van der Waals surface area contributed by atoms with Crippen molar-refractivity contribution < 1.29 is 15.0 Å². The van der Waals surface area contributed by atoms with E-state index in [0.29, 0.717) is 6.42 Å². The maximum Gasteiger partial charge on any atom is 0.320 e. The Morgan fingerprint density at radius 3 is 2.75 bits per heavy atom. The highest BCUT2D eigenvalue weighted by Gasteiger charge is 2.14. The molecule has 0 aliphatic carbocycles. The third-order valence-corrected chi connectivity index (χ3v) is 2.31. The lowest BCUT2D eigenvalue weighted by molar-refractivity contribution is -0.138. The molecule has 0 aromatic heterocycles. The Hall–Kier alpha value is -1.81. The number of carboxylic acids is 1. The van der Waals surface area contributed by atoms with E-state index >= 15 is 0 Å². The summed E-state index contributed by atoms with van der Waals surface area (Å²) >= 11 is 0. The Labute approximate surface area is 94.0 Å². The third-order valence-electron chi connectivity index (χ3n) is 2.31. The van der Waals surface area contributed by atoms with Gasteiger partial charge in [0.2, 0.25) is 0 Å². The summed E-state index contributed by atoms with van der Waals surface area (Å²) in [5.41, 5.74) is 7.14. The monoisotopic (exact) mass is 221 g/mol. The van der Waals surface area contributed by atoms with Gasteiger partial charge in [0.25, 0.3) is 0 Å². The van der Waals surface area contributed by atoms with E-state index in [9.17, 15) is 9.90 Å². The van der Waals surface area contributed by atoms with Crippen molar-refractivity contribution in [2.45, 2.75) is 18.9 Å². The minimum absolute atomic E-state index is 0.157. The SMILES string of the molecule is C=CCc1cc(O)ccc1CC(N)C(=O)O. The predicted octanol–water partition coefficient (Wildman–Crippen LogP) is 1.08. The molecule has 0 amide bonds. The average Bonchev–Trinajstić information content (AvgIpc) is 2.22. The smallest absolute Gasteiger partial charge is 0.320 e. The molecule has 0 aliphatic heterocycles. The summed E-state index contributed by atoms with van der Waals surface area (Å²) in [6.07, 6.45) is 2.53. The van der Waals surface area contributed by atoms with Gasteiger partial charge in [-0.15, -0.1) is 6.58 Å². The molecular weight excluding hydrogens is 206 g/mol. The molecule has 0 bridgehead atoms. The second-order valence-corrected chi connectivity index (χ2v) is 3.59. The van der Waals surface area contributed by atoms with Crippen LogP contribution in [-0.2, 0) is 17.6 Å². The second kappa shape index (κ2) is 5.32. The van der Waals surface area contributed by atoms with Crippen molar-refractivity contribution in [1.29, 1.82) is 0 Å². The molecule has 1 aromatic carbocycles. The number of phenolic OH excluding ortho intramolecular Hbond substituents is 1. The van der Waals surface area contributed by atoms with E-state index in [-0.39, 0.29) is 12.2 Å². The van der Waals surface area contributed by atoms with Crippen molar-refractivity contribution in [2.75, 3.05) is 0 Å². The summed E-state index contributed by atoms with van der Waals surface area (Å²) in [6.45, 7) is 3.61. The topological polar surface area (TPSA) is 83.5 Å². The molecule has 4 N–H and O–H groups in total. The zero-order chi connectivity index (χ0) is 12.1. The summed E-state index contributed by atoms with van der Waals surface area (Å²) in [5.74, 6) is -0.873. The molecule has 4 heteroatoms. The highest BCUT2D eigenvalue weighted by Crippen LogP contribution is 2.18. The van der Waals surface area contributed by atoms with Gasteiger partial charge in [0.05, 0.1) is 0 Å². The van der Waals surface area contributed by atoms with Crippen molar-refractivity contribution >= 4 is 5.97 Å². The first-order valence-electron chi connectivity index (χ1n) is 4.94. The fraction of sp³-hybridized carbons (Fsp3) is 0.250. The Bertz CT molecular complexity index is 401. The molecule has 1 rings (SSSR count). The quantitative estimate of drug-likeness (QED) is 0.649. The van der Waals surface area contributed by atoms with Gasteiger partial charge in [-0.25, -0.2) is 0 Å². The molecule has 1 atom stereocenters. The van der Waals surface area contributed by atoms with Crippen LogP contribution in [0.25, 0.3) is 0 Å². The van der Waals surface area contributed by atoms with Crippen molar-refractivity contribution in [2.24, 2.45) is 5.73 Å². The number of carbonyl (C=O) groups is 1. The van der Waals surface area contributed by atoms with Crippen molar-refractivity contribution in [3.05, 3.63) is 42.0 Å². The van der Waals surface area contributed by atoms with Crippen LogP contribution in [0.1, 0.15) is 11.1 Å². The summed E-state index contributed by atoms with van der Waals surface area (Å²) in [5, 5.41) is 18.0. The molecule has 16 heavy (non-hydrogen) atoms. The summed E-state index contributed by atoms with van der Waals surface area (Å²) in [7, 11) is 0. The summed E-state index contributed by atoms with van der Waals surface area (Å²) < 4.78 is 0. The molecule has 0 aliphatic rings. The van der Waals surface area contributed by atoms with Crippen LogP contribution in [0.15, 0.2) is 30.9 Å². The third kappa shape index (κ3) is 3.10. The Morgan fingerprint density at radius 1 is 1.50 bits per heavy atom. The number of aromatic hydroxyl groups is 1.